The van der Waals surface area contributed by atoms with Gasteiger partial charge in [-0.25, -0.2) is 4.39 Å². The van der Waals surface area contributed by atoms with E-state index in [4.69, 9.17) is 0 Å². The van der Waals surface area contributed by atoms with E-state index in [0.29, 0.717) is 22.1 Å². The summed E-state index contributed by atoms with van der Waals surface area (Å²) in [5, 5.41) is 19.4. The molecule has 0 aromatic heterocycles. The summed E-state index contributed by atoms with van der Waals surface area (Å²) in [6.07, 6.45) is 0. The van der Waals surface area contributed by atoms with Crippen LogP contribution in [0.25, 0.3) is 0 Å². The Kier molecular flexibility index (Phi) is 8.06. The molecule has 0 fully saturated rings. The number of carbonyl (C=O) groups excluding carboxylic acids is 2. The molecular weight excluding hydrogens is 487 g/mol. The van der Waals surface area contributed by atoms with Crippen LogP contribution in [0, 0.1) is 24.1 Å². The second kappa shape index (κ2) is 11.6. The number of hydrogen-bond donors (Lipinski definition) is 3. The molecule has 3 N–H and O–H groups in total. The van der Waals surface area contributed by atoms with Crippen molar-refractivity contribution in [3.05, 3.63) is 118 Å². The smallest absolute Gasteiger partial charge is 0.254 e. The first kappa shape index (κ1) is 25.7. The third-order valence-corrected chi connectivity index (χ3v) is 6.92. The minimum atomic E-state index is -0.946. The molecule has 37 heavy (non-hydrogen) atoms. The summed E-state index contributed by atoms with van der Waals surface area (Å²) in [6.45, 7) is 3.60. The molecule has 8 heteroatoms. The number of rotatable bonds is 7. The highest BCUT2D eigenvalue weighted by atomic mass is 32.2. The molecule has 0 aliphatic carbocycles. The SMILES string of the molecule is CC1=C(C(=O)Nc2ccccc2)[C@@H](c2ccccc2F)C(C#N)=C(SCC(=O)Nc2ccccc2C)N1. The summed E-state index contributed by atoms with van der Waals surface area (Å²) < 4.78 is 15.0. The van der Waals surface area contributed by atoms with Gasteiger partial charge in [0.25, 0.3) is 5.91 Å². The fourth-order valence-corrected chi connectivity index (χ4v) is 5.00. The molecule has 4 rings (SSSR count). The van der Waals surface area contributed by atoms with Gasteiger partial charge in [0.15, 0.2) is 0 Å². The zero-order valence-electron chi connectivity index (χ0n) is 20.3. The first-order valence-corrected chi connectivity index (χ1v) is 12.6. The van der Waals surface area contributed by atoms with Crippen molar-refractivity contribution in [1.82, 2.24) is 5.32 Å². The first-order chi connectivity index (χ1) is 17.9. The minimum Gasteiger partial charge on any atom is -0.353 e. The van der Waals surface area contributed by atoms with Gasteiger partial charge in [-0.05, 0) is 43.7 Å². The van der Waals surface area contributed by atoms with Crippen LogP contribution in [0.3, 0.4) is 0 Å². The number of nitrogens with one attached hydrogen (secondary N) is 3. The lowest BCUT2D eigenvalue weighted by Crippen LogP contribution is -2.31. The largest absolute Gasteiger partial charge is 0.353 e. The Morgan fingerprint density at radius 1 is 0.973 bits per heavy atom. The first-order valence-electron chi connectivity index (χ1n) is 11.6. The van der Waals surface area contributed by atoms with Crippen LogP contribution in [0.2, 0.25) is 0 Å². The van der Waals surface area contributed by atoms with Gasteiger partial charge >= 0.3 is 0 Å². The van der Waals surface area contributed by atoms with E-state index in [0.717, 1.165) is 17.3 Å². The number of anilines is 2. The van der Waals surface area contributed by atoms with Gasteiger partial charge in [0, 0.05) is 28.2 Å². The van der Waals surface area contributed by atoms with Crippen molar-refractivity contribution < 1.29 is 14.0 Å². The Morgan fingerprint density at radius 3 is 2.35 bits per heavy atom. The number of dihydropyridines is 1. The average molecular weight is 513 g/mol. The molecule has 0 radical (unpaired) electrons. The van der Waals surface area contributed by atoms with Gasteiger partial charge in [-0.2, -0.15) is 5.26 Å². The van der Waals surface area contributed by atoms with Crippen LogP contribution in [-0.4, -0.2) is 17.6 Å². The molecule has 2 amide bonds. The second-order valence-corrected chi connectivity index (χ2v) is 9.43. The van der Waals surface area contributed by atoms with Crippen LogP contribution < -0.4 is 16.0 Å². The zero-order chi connectivity index (χ0) is 26.4. The molecule has 0 unspecified atom stereocenters. The molecule has 0 saturated heterocycles. The fourth-order valence-electron chi connectivity index (χ4n) is 4.10. The Labute approximate surface area is 219 Å². The molecule has 0 saturated carbocycles. The van der Waals surface area contributed by atoms with Gasteiger partial charge in [-0.1, -0.05) is 66.4 Å². The molecule has 0 bridgehead atoms. The maximum absolute atomic E-state index is 15.0. The van der Waals surface area contributed by atoms with Crippen LogP contribution in [0.15, 0.2) is 101 Å². The molecule has 0 spiro atoms. The predicted octanol–water partition coefficient (Wildman–Crippen LogP) is 5.84. The number of carbonyl (C=O) groups is 2. The summed E-state index contributed by atoms with van der Waals surface area (Å²) in [4.78, 5) is 26.1. The number of hydrogen-bond acceptors (Lipinski definition) is 5. The Balaban J connectivity index is 1.65. The van der Waals surface area contributed by atoms with Gasteiger partial charge in [-0.3, -0.25) is 9.59 Å². The van der Waals surface area contributed by atoms with Crippen molar-refractivity contribution in [3.8, 4) is 6.07 Å². The highest BCUT2D eigenvalue weighted by Crippen LogP contribution is 2.41. The van der Waals surface area contributed by atoms with E-state index in [1.165, 1.54) is 6.07 Å². The third kappa shape index (κ3) is 5.90. The molecule has 3 aromatic carbocycles. The number of thioether (sulfide) groups is 1. The summed E-state index contributed by atoms with van der Waals surface area (Å²) in [7, 11) is 0. The van der Waals surface area contributed by atoms with Crippen molar-refractivity contribution in [1.29, 1.82) is 5.26 Å². The molecule has 6 nitrogen and oxygen atoms in total. The normalized spacial score (nSPS) is 15.0. The van der Waals surface area contributed by atoms with Crippen LogP contribution >= 0.6 is 11.8 Å². The number of benzene rings is 3. The second-order valence-electron chi connectivity index (χ2n) is 8.44. The van der Waals surface area contributed by atoms with E-state index in [1.807, 2.05) is 37.3 Å². The van der Waals surface area contributed by atoms with Crippen molar-refractivity contribution in [2.24, 2.45) is 0 Å². The number of aryl methyl sites for hydroxylation is 1. The number of halogens is 1. The van der Waals surface area contributed by atoms with E-state index in [1.54, 1.807) is 49.4 Å². The summed E-state index contributed by atoms with van der Waals surface area (Å²) in [5.74, 6) is -2.15. The number of allylic oxidation sites excluding steroid dienone is 2. The molecule has 3 aromatic rings. The third-order valence-electron chi connectivity index (χ3n) is 5.91. The van der Waals surface area contributed by atoms with Gasteiger partial charge in [-0.15, -0.1) is 0 Å². The number of nitrogens with zero attached hydrogens (tertiary/aromatic N) is 1. The lowest BCUT2D eigenvalue weighted by atomic mass is 9.82. The highest BCUT2D eigenvalue weighted by molar-refractivity contribution is 8.03. The zero-order valence-corrected chi connectivity index (χ0v) is 21.2. The van der Waals surface area contributed by atoms with Crippen LogP contribution in [-0.2, 0) is 9.59 Å². The Bertz CT molecular complexity index is 1440. The van der Waals surface area contributed by atoms with Crippen LogP contribution in [0.5, 0.6) is 0 Å². The summed E-state index contributed by atoms with van der Waals surface area (Å²) in [6, 6.07) is 24.6. The Morgan fingerprint density at radius 2 is 1.65 bits per heavy atom. The lowest BCUT2D eigenvalue weighted by Gasteiger charge is -2.30. The van der Waals surface area contributed by atoms with E-state index < -0.39 is 17.6 Å². The maximum atomic E-state index is 15.0. The molecule has 1 aliphatic heterocycles. The molecule has 1 heterocycles. The predicted molar refractivity (Wildman–Crippen MR) is 145 cm³/mol. The highest BCUT2D eigenvalue weighted by Gasteiger charge is 2.36. The van der Waals surface area contributed by atoms with Crippen LogP contribution in [0.1, 0.15) is 24.0 Å². The van der Waals surface area contributed by atoms with Crippen molar-refractivity contribution in [2.45, 2.75) is 19.8 Å². The fraction of sp³-hybridized carbons (Fsp3) is 0.138. The van der Waals surface area contributed by atoms with E-state index in [-0.39, 0.29) is 28.4 Å². The number of para-hydroxylation sites is 2. The number of amides is 2. The lowest BCUT2D eigenvalue weighted by molar-refractivity contribution is -0.114. The summed E-state index contributed by atoms with van der Waals surface area (Å²) in [5.41, 5.74) is 3.31. The monoisotopic (exact) mass is 512 g/mol. The van der Waals surface area contributed by atoms with Gasteiger partial charge in [0.05, 0.1) is 28.3 Å². The molecule has 186 valence electrons. The van der Waals surface area contributed by atoms with Crippen molar-refractivity contribution in [3.63, 3.8) is 0 Å². The topological polar surface area (TPSA) is 94.0 Å². The van der Waals surface area contributed by atoms with Crippen molar-refractivity contribution >= 4 is 35.0 Å². The molecule has 1 aliphatic rings. The van der Waals surface area contributed by atoms with Crippen molar-refractivity contribution in [2.75, 3.05) is 16.4 Å². The average Bonchev–Trinajstić information content (AvgIpc) is 2.89. The van der Waals surface area contributed by atoms with E-state index in [9.17, 15) is 14.9 Å². The van der Waals surface area contributed by atoms with E-state index >= 15 is 4.39 Å². The Hall–Kier alpha value is -4.35. The van der Waals surface area contributed by atoms with Crippen LogP contribution in [0.4, 0.5) is 15.8 Å². The molecule has 1 atom stereocenters. The summed E-state index contributed by atoms with van der Waals surface area (Å²) >= 11 is 1.13. The molecular formula is C29H25FN4O2S. The van der Waals surface area contributed by atoms with Gasteiger partial charge in [0.1, 0.15) is 5.82 Å². The van der Waals surface area contributed by atoms with Gasteiger partial charge < -0.3 is 16.0 Å². The quantitative estimate of drug-likeness (QED) is 0.370. The standard InChI is InChI=1S/C29H25FN4O2S/c1-18-10-6-9-15-24(18)34-25(35)17-37-29-22(16-31)27(21-13-7-8-14-23(21)30)26(19(2)32-29)28(36)33-20-11-4-3-5-12-20/h3-15,27,32H,17H2,1-2H3,(H,33,36)(H,34,35)/t27-/m0/s1. The minimum absolute atomic E-state index is 0.0185. The van der Waals surface area contributed by atoms with E-state index in [2.05, 4.69) is 22.0 Å². The maximum Gasteiger partial charge on any atom is 0.254 e. The number of nitriles is 1. The van der Waals surface area contributed by atoms with Gasteiger partial charge in [0.2, 0.25) is 5.91 Å².